The average Bonchev–Trinajstić information content (AvgIpc) is 2.48. The van der Waals surface area contributed by atoms with Gasteiger partial charge in [-0.1, -0.05) is 26.0 Å². The van der Waals surface area contributed by atoms with E-state index in [-0.39, 0.29) is 0 Å². The summed E-state index contributed by atoms with van der Waals surface area (Å²) in [5.41, 5.74) is 1.96. The fourth-order valence-electron chi connectivity index (χ4n) is 3.23. The maximum Gasteiger partial charge on any atom is 0.118 e. The fourth-order valence-corrected chi connectivity index (χ4v) is 3.23. The molecule has 0 radical (unpaired) electrons. The number of rotatable bonds is 6. The molecule has 2 nitrogen and oxygen atoms in total. The molecule has 2 rings (SSSR count). The molecule has 1 atom stereocenters. The van der Waals surface area contributed by atoms with Gasteiger partial charge in [0.25, 0.3) is 0 Å². The summed E-state index contributed by atoms with van der Waals surface area (Å²) in [5.74, 6) is 0.940. The Hall–Kier alpha value is -1.02. The van der Waals surface area contributed by atoms with Crippen LogP contribution in [-0.4, -0.2) is 19.2 Å². The number of aryl methyl sites for hydroxylation is 1. The molecule has 1 unspecified atom stereocenters. The molecule has 1 aliphatic rings. The summed E-state index contributed by atoms with van der Waals surface area (Å²) < 4.78 is 5.20. The lowest BCUT2D eigenvalue weighted by Gasteiger charge is -2.36. The van der Waals surface area contributed by atoms with E-state index in [4.69, 9.17) is 4.74 Å². The summed E-state index contributed by atoms with van der Waals surface area (Å²) in [7, 11) is 1.71. The first-order chi connectivity index (χ1) is 9.98. The summed E-state index contributed by atoms with van der Waals surface area (Å²) in [4.78, 5) is 0. The summed E-state index contributed by atoms with van der Waals surface area (Å²) in [6.07, 6.45) is 7.72. The molecule has 0 amide bonds. The Morgan fingerprint density at radius 2 is 1.81 bits per heavy atom. The minimum Gasteiger partial charge on any atom is -0.497 e. The van der Waals surface area contributed by atoms with Crippen LogP contribution >= 0.6 is 0 Å². The van der Waals surface area contributed by atoms with Crippen LogP contribution < -0.4 is 10.1 Å². The van der Waals surface area contributed by atoms with Crippen LogP contribution in [0.2, 0.25) is 0 Å². The maximum absolute atomic E-state index is 5.20. The van der Waals surface area contributed by atoms with Crippen LogP contribution in [0.15, 0.2) is 24.3 Å². The highest BCUT2D eigenvalue weighted by Gasteiger charge is 2.27. The van der Waals surface area contributed by atoms with Gasteiger partial charge >= 0.3 is 0 Å². The Bertz CT molecular complexity index is 414. The van der Waals surface area contributed by atoms with E-state index in [1.165, 1.54) is 37.7 Å². The van der Waals surface area contributed by atoms with Crippen molar-refractivity contribution in [1.29, 1.82) is 0 Å². The van der Waals surface area contributed by atoms with Gasteiger partial charge in [-0.25, -0.2) is 0 Å². The third kappa shape index (κ3) is 5.35. The third-order valence-electron chi connectivity index (χ3n) is 4.88. The van der Waals surface area contributed by atoms with Gasteiger partial charge in [-0.05, 0) is 68.6 Å². The smallest absolute Gasteiger partial charge is 0.118 e. The topological polar surface area (TPSA) is 21.3 Å². The minimum atomic E-state index is 0.560. The van der Waals surface area contributed by atoms with Crippen molar-refractivity contribution in [3.8, 4) is 5.75 Å². The molecule has 0 aromatic heterocycles. The second-order valence-electron chi connectivity index (χ2n) is 7.39. The summed E-state index contributed by atoms with van der Waals surface area (Å²) in [5, 5.41) is 3.82. The molecule has 1 fully saturated rings. The van der Waals surface area contributed by atoms with E-state index in [9.17, 15) is 0 Å². The van der Waals surface area contributed by atoms with Crippen molar-refractivity contribution in [2.45, 2.75) is 71.4 Å². The molecule has 0 heterocycles. The van der Waals surface area contributed by atoms with Gasteiger partial charge in [-0.3, -0.25) is 0 Å². The molecular formula is C19H31NO. The highest BCUT2D eigenvalue weighted by Crippen LogP contribution is 2.35. The van der Waals surface area contributed by atoms with E-state index in [0.29, 0.717) is 11.5 Å². The number of nitrogens with one attached hydrogen (secondary N) is 1. The van der Waals surface area contributed by atoms with Crippen molar-refractivity contribution < 1.29 is 4.74 Å². The van der Waals surface area contributed by atoms with Crippen molar-refractivity contribution in [2.75, 3.05) is 7.11 Å². The zero-order valence-electron chi connectivity index (χ0n) is 14.1. The monoisotopic (exact) mass is 289 g/mol. The first kappa shape index (κ1) is 16.4. The average molecular weight is 289 g/mol. The van der Waals surface area contributed by atoms with Gasteiger partial charge in [0.05, 0.1) is 7.11 Å². The van der Waals surface area contributed by atoms with Gasteiger partial charge < -0.3 is 10.1 Å². The third-order valence-corrected chi connectivity index (χ3v) is 4.88. The first-order valence-electron chi connectivity index (χ1n) is 8.37. The van der Waals surface area contributed by atoms with E-state index < -0.39 is 0 Å². The lowest BCUT2D eigenvalue weighted by molar-refractivity contribution is 0.198. The molecule has 1 aromatic rings. The van der Waals surface area contributed by atoms with Gasteiger partial charge in [0.2, 0.25) is 0 Å². The molecule has 2 heteroatoms. The molecule has 0 aliphatic heterocycles. The standard InChI is InChI=1S/C19H31NO/c1-15(20-17-11-13-19(2,3)14-12-17)5-6-16-7-9-18(21-4)10-8-16/h7-10,15,17,20H,5-6,11-14H2,1-4H3. The molecule has 0 bridgehead atoms. The minimum absolute atomic E-state index is 0.560. The first-order valence-corrected chi connectivity index (χ1v) is 8.37. The molecule has 21 heavy (non-hydrogen) atoms. The van der Waals surface area contributed by atoms with Crippen molar-refractivity contribution >= 4 is 0 Å². The molecule has 0 spiro atoms. The van der Waals surface area contributed by atoms with E-state index in [1.54, 1.807) is 7.11 Å². The summed E-state index contributed by atoms with van der Waals surface area (Å²) in [6, 6.07) is 9.78. The predicted molar refractivity (Wildman–Crippen MR) is 89.9 cm³/mol. The van der Waals surface area contributed by atoms with E-state index in [2.05, 4.69) is 50.4 Å². The molecule has 1 aromatic carbocycles. The Balaban J connectivity index is 1.71. The number of hydrogen-bond acceptors (Lipinski definition) is 2. The number of hydrogen-bond donors (Lipinski definition) is 1. The Morgan fingerprint density at radius 1 is 1.19 bits per heavy atom. The molecule has 118 valence electrons. The quantitative estimate of drug-likeness (QED) is 0.828. The largest absolute Gasteiger partial charge is 0.497 e. The van der Waals surface area contributed by atoms with Crippen LogP contribution in [0.5, 0.6) is 5.75 Å². The van der Waals surface area contributed by atoms with E-state index in [0.717, 1.165) is 18.2 Å². The second-order valence-corrected chi connectivity index (χ2v) is 7.39. The van der Waals surface area contributed by atoms with Crippen LogP contribution in [0, 0.1) is 5.41 Å². The van der Waals surface area contributed by atoms with Crippen LogP contribution in [0.1, 0.15) is 58.4 Å². The zero-order valence-corrected chi connectivity index (χ0v) is 14.1. The van der Waals surface area contributed by atoms with Gasteiger partial charge in [-0.2, -0.15) is 0 Å². The maximum atomic E-state index is 5.20. The summed E-state index contributed by atoms with van der Waals surface area (Å²) >= 11 is 0. The number of benzene rings is 1. The Morgan fingerprint density at radius 3 is 2.38 bits per heavy atom. The Labute approximate surface area is 130 Å². The SMILES string of the molecule is COc1ccc(CCC(C)NC2CCC(C)(C)CC2)cc1. The molecule has 0 saturated heterocycles. The van der Waals surface area contributed by atoms with E-state index in [1.807, 2.05) is 0 Å². The molecular weight excluding hydrogens is 258 g/mol. The fraction of sp³-hybridized carbons (Fsp3) is 0.684. The number of ether oxygens (including phenoxy) is 1. The van der Waals surface area contributed by atoms with E-state index >= 15 is 0 Å². The molecule has 1 aliphatic carbocycles. The number of methoxy groups -OCH3 is 1. The van der Waals surface area contributed by atoms with Crippen molar-refractivity contribution in [2.24, 2.45) is 5.41 Å². The van der Waals surface area contributed by atoms with Crippen LogP contribution in [0.25, 0.3) is 0 Å². The van der Waals surface area contributed by atoms with Crippen molar-refractivity contribution in [3.63, 3.8) is 0 Å². The second kappa shape index (κ2) is 7.31. The van der Waals surface area contributed by atoms with Crippen molar-refractivity contribution in [3.05, 3.63) is 29.8 Å². The normalized spacial score (nSPS) is 20.2. The van der Waals surface area contributed by atoms with Crippen LogP contribution in [0.4, 0.5) is 0 Å². The predicted octanol–water partition coefficient (Wildman–Crippen LogP) is 4.57. The highest BCUT2D eigenvalue weighted by molar-refractivity contribution is 5.27. The molecule has 1 N–H and O–H groups in total. The highest BCUT2D eigenvalue weighted by atomic mass is 16.5. The lowest BCUT2D eigenvalue weighted by Crippen LogP contribution is -2.40. The van der Waals surface area contributed by atoms with Gasteiger partial charge in [0.15, 0.2) is 0 Å². The lowest BCUT2D eigenvalue weighted by atomic mass is 9.75. The molecule has 1 saturated carbocycles. The van der Waals surface area contributed by atoms with Crippen LogP contribution in [0.3, 0.4) is 0 Å². The van der Waals surface area contributed by atoms with Crippen LogP contribution in [-0.2, 0) is 6.42 Å². The van der Waals surface area contributed by atoms with Gasteiger partial charge in [-0.15, -0.1) is 0 Å². The van der Waals surface area contributed by atoms with Gasteiger partial charge in [0, 0.05) is 12.1 Å². The summed E-state index contributed by atoms with van der Waals surface area (Å²) in [6.45, 7) is 7.12. The van der Waals surface area contributed by atoms with Gasteiger partial charge in [0.1, 0.15) is 5.75 Å². The Kier molecular flexibility index (Phi) is 5.69. The zero-order chi connectivity index (χ0) is 15.3. The van der Waals surface area contributed by atoms with Crippen molar-refractivity contribution in [1.82, 2.24) is 5.32 Å².